The topological polar surface area (TPSA) is 110 Å². The zero-order valence-corrected chi connectivity index (χ0v) is 12.5. The lowest BCUT2D eigenvalue weighted by molar-refractivity contribution is -0.119. The smallest absolute Gasteiger partial charge is 0.223 e. The standard InChI is InChI=1S/C14H24N6O/c1-2-5-17-12-9-13(19-14(16)18-12)20-6-3-10(4-7-20)8-11(15)21/h9-10H,2-8H2,1H3,(H2,15,21)(H3,16,17,18,19). The SMILES string of the molecule is CCCNc1cc(N2CCC(CC(N)=O)CC2)nc(N)n1. The minimum absolute atomic E-state index is 0.217. The van der Waals surface area contributed by atoms with Gasteiger partial charge in [-0.15, -0.1) is 0 Å². The first-order valence-corrected chi connectivity index (χ1v) is 7.50. The Balaban J connectivity index is 1.99. The molecule has 0 aliphatic carbocycles. The lowest BCUT2D eigenvalue weighted by atomic mass is 9.93. The average Bonchev–Trinajstić information content (AvgIpc) is 2.44. The zero-order chi connectivity index (χ0) is 15.2. The van der Waals surface area contributed by atoms with Gasteiger partial charge in [0.1, 0.15) is 11.6 Å². The fraction of sp³-hybridized carbons (Fsp3) is 0.643. The number of rotatable bonds is 6. The number of amides is 1. The number of carbonyl (C=O) groups excluding carboxylic acids is 1. The van der Waals surface area contributed by atoms with Crippen LogP contribution in [0.15, 0.2) is 6.07 Å². The third kappa shape index (κ3) is 4.47. The number of aromatic nitrogens is 2. The van der Waals surface area contributed by atoms with Gasteiger partial charge >= 0.3 is 0 Å². The van der Waals surface area contributed by atoms with Crippen LogP contribution >= 0.6 is 0 Å². The van der Waals surface area contributed by atoms with Gasteiger partial charge in [0.15, 0.2) is 0 Å². The van der Waals surface area contributed by atoms with Crippen LogP contribution in [0.1, 0.15) is 32.6 Å². The van der Waals surface area contributed by atoms with Crippen molar-refractivity contribution in [2.45, 2.75) is 32.6 Å². The number of piperidine rings is 1. The Bertz CT molecular complexity index is 484. The Morgan fingerprint density at radius 3 is 2.76 bits per heavy atom. The average molecular weight is 292 g/mol. The first-order valence-electron chi connectivity index (χ1n) is 7.50. The van der Waals surface area contributed by atoms with Gasteiger partial charge < -0.3 is 21.7 Å². The molecule has 0 saturated carbocycles. The van der Waals surface area contributed by atoms with Crippen LogP contribution in [0.4, 0.5) is 17.6 Å². The van der Waals surface area contributed by atoms with Crippen molar-refractivity contribution in [1.29, 1.82) is 0 Å². The second-order valence-electron chi connectivity index (χ2n) is 5.50. The molecule has 0 atom stereocenters. The van der Waals surface area contributed by atoms with Gasteiger partial charge in [0.2, 0.25) is 11.9 Å². The largest absolute Gasteiger partial charge is 0.370 e. The van der Waals surface area contributed by atoms with E-state index < -0.39 is 0 Å². The molecule has 1 aromatic heterocycles. The highest BCUT2D eigenvalue weighted by atomic mass is 16.1. The first-order chi connectivity index (χ1) is 10.1. The van der Waals surface area contributed by atoms with Crippen molar-refractivity contribution < 1.29 is 4.79 Å². The highest BCUT2D eigenvalue weighted by molar-refractivity contribution is 5.74. The van der Waals surface area contributed by atoms with Crippen LogP contribution < -0.4 is 21.7 Å². The van der Waals surface area contributed by atoms with Crippen LogP contribution in [0.5, 0.6) is 0 Å². The van der Waals surface area contributed by atoms with Crippen LogP contribution in [0, 0.1) is 5.92 Å². The minimum Gasteiger partial charge on any atom is -0.370 e. The molecule has 1 saturated heterocycles. The maximum atomic E-state index is 11.0. The molecule has 0 unspecified atom stereocenters. The molecule has 0 bridgehead atoms. The van der Waals surface area contributed by atoms with E-state index in [1.807, 2.05) is 6.07 Å². The molecule has 21 heavy (non-hydrogen) atoms. The summed E-state index contributed by atoms with van der Waals surface area (Å²) in [6.07, 6.45) is 3.40. The molecule has 1 fully saturated rings. The number of nitrogens with one attached hydrogen (secondary N) is 1. The van der Waals surface area contributed by atoms with Crippen molar-refractivity contribution in [3.63, 3.8) is 0 Å². The van der Waals surface area contributed by atoms with E-state index in [1.54, 1.807) is 0 Å². The molecule has 0 aromatic carbocycles. The van der Waals surface area contributed by atoms with Crippen LogP contribution in [0.2, 0.25) is 0 Å². The summed E-state index contributed by atoms with van der Waals surface area (Å²) >= 11 is 0. The fourth-order valence-electron chi connectivity index (χ4n) is 2.61. The molecule has 2 rings (SSSR count). The zero-order valence-electron chi connectivity index (χ0n) is 12.5. The number of carbonyl (C=O) groups is 1. The predicted molar refractivity (Wildman–Crippen MR) is 84.0 cm³/mol. The first kappa shape index (κ1) is 15.3. The summed E-state index contributed by atoms with van der Waals surface area (Å²) in [4.78, 5) is 21.7. The summed E-state index contributed by atoms with van der Waals surface area (Å²) in [5.41, 5.74) is 11.0. The number of nitrogen functional groups attached to an aromatic ring is 1. The molecule has 5 N–H and O–H groups in total. The van der Waals surface area contributed by atoms with Gasteiger partial charge in [0.25, 0.3) is 0 Å². The van der Waals surface area contributed by atoms with Crippen molar-refractivity contribution in [2.24, 2.45) is 11.7 Å². The third-order valence-corrected chi connectivity index (χ3v) is 3.71. The Labute approximate surface area is 125 Å². The van der Waals surface area contributed by atoms with E-state index >= 15 is 0 Å². The summed E-state index contributed by atoms with van der Waals surface area (Å²) in [5.74, 6) is 2.06. The second-order valence-corrected chi connectivity index (χ2v) is 5.50. The van der Waals surface area contributed by atoms with Gasteiger partial charge in [-0.3, -0.25) is 4.79 Å². The molecule has 7 nitrogen and oxygen atoms in total. The number of anilines is 3. The van der Waals surface area contributed by atoms with E-state index in [0.29, 0.717) is 12.3 Å². The number of nitrogens with two attached hydrogens (primary N) is 2. The normalized spacial score (nSPS) is 16.0. The summed E-state index contributed by atoms with van der Waals surface area (Å²) in [7, 11) is 0. The van der Waals surface area contributed by atoms with Gasteiger partial charge in [0.05, 0.1) is 0 Å². The van der Waals surface area contributed by atoms with Crippen LogP contribution in [-0.4, -0.2) is 35.5 Å². The van der Waals surface area contributed by atoms with Crippen molar-refractivity contribution in [3.05, 3.63) is 6.07 Å². The van der Waals surface area contributed by atoms with E-state index in [-0.39, 0.29) is 11.9 Å². The van der Waals surface area contributed by atoms with Crippen LogP contribution in [-0.2, 0) is 4.79 Å². The van der Waals surface area contributed by atoms with Crippen LogP contribution in [0.25, 0.3) is 0 Å². The lowest BCUT2D eigenvalue weighted by Gasteiger charge is -2.32. The Kier molecular flexibility index (Phi) is 5.19. The minimum atomic E-state index is -0.217. The Morgan fingerprint density at radius 1 is 1.43 bits per heavy atom. The molecule has 1 amide bonds. The van der Waals surface area contributed by atoms with Crippen molar-refractivity contribution in [1.82, 2.24) is 9.97 Å². The number of nitrogens with zero attached hydrogens (tertiary/aromatic N) is 3. The van der Waals surface area contributed by atoms with E-state index in [4.69, 9.17) is 11.5 Å². The molecule has 2 heterocycles. The fourth-order valence-corrected chi connectivity index (χ4v) is 2.61. The maximum Gasteiger partial charge on any atom is 0.223 e. The van der Waals surface area contributed by atoms with E-state index in [9.17, 15) is 4.79 Å². The Morgan fingerprint density at radius 2 is 2.14 bits per heavy atom. The molecule has 7 heteroatoms. The van der Waals surface area contributed by atoms with Crippen molar-refractivity contribution >= 4 is 23.5 Å². The van der Waals surface area contributed by atoms with Gasteiger partial charge in [0, 0.05) is 32.1 Å². The molecule has 116 valence electrons. The molecular formula is C14H24N6O. The molecule has 1 aliphatic heterocycles. The van der Waals surface area contributed by atoms with Crippen molar-refractivity contribution in [2.75, 3.05) is 35.6 Å². The second kappa shape index (κ2) is 7.10. The van der Waals surface area contributed by atoms with Crippen molar-refractivity contribution in [3.8, 4) is 0 Å². The number of primary amides is 1. The number of hydrogen-bond donors (Lipinski definition) is 3. The monoisotopic (exact) mass is 292 g/mol. The molecular weight excluding hydrogens is 268 g/mol. The summed E-state index contributed by atoms with van der Waals surface area (Å²) in [6.45, 7) is 4.68. The third-order valence-electron chi connectivity index (χ3n) is 3.71. The van der Waals surface area contributed by atoms with E-state index in [2.05, 4.69) is 27.1 Å². The molecule has 1 aliphatic rings. The molecule has 1 aromatic rings. The van der Waals surface area contributed by atoms with Gasteiger partial charge in [-0.05, 0) is 25.2 Å². The molecule has 0 radical (unpaired) electrons. The predicted octanol–water partition coefficient (Wildman–Crippen LogP) is 0.973. The lowest BCUT2D eigenvalue weighted by Crippen LogP contribution is -2.35. The van der Waals surface area contributed by atoms with Gasteiger partial charge in [-0.25, -0.2) is 0 Å². The van der Waals surface area contributed by atoms with E-state index in [0.717, 1.165) is 50.5 Å². The highest BCUT2D eigenvalue weighted by Crippen LogP contribution is 2.25. The maximum absolute atomic E-state index is 11.0. The van der Waals surface area contributed by atoms with E-state index in [1.165, 1.54) is 0 Å². The highest BCUT2D eigenvalue weighted by Gasteiger charge is 2.22. The number of hydrogen-bond acceptors (Lipinski definition) is 6. The Hall–Kier alpha value is -2.05. The van der Waals surface area contributed by atoms with Gasteiger partial charge in [-0.1, -0.05) is 6.92 Å². The summed E-state index contributed by atoms with van der Waals surface area (Å²) < 4.78 is 0. The van der Waals surface area contributed by atoms with Gasteiger partial charge in [-0.2, -0.15) is 9.97 Å². The molecule has 0 spiro atoms. The van der Waals surface area contributed by atoms with Crippen LogP contribution in [0.3, 0.4) is 0 Å². The summed E-state index contributed by atoms with van der Waals surface area (Å²) in [5, 5.41) is 3.23. The quantitative estimate of drug-likeness (QED) is 0.720. The summed E-state index contributed by atoms with van der Waals surface area (Å²) in [6, 6.07) is 1.93.